The fraction of sp³-hybridized carbons (Fsp3) is 0.316. The predicted molar refractivity (Wildman–Crippen MR) is 96.9 cm³/mol. The lowest BCUT2D eigenvalue weighted by Gasteiger charge is -2.16. The van der Waals surface area contributed by atoms with Crippen LogP contribution in [0.1, 0.15) is 48.4 Å². The molecule has 0 aliphatic heterocycles. The molecule has 0 saturated heterocycles. The van der Waals surface area contributed by atoms with Crippen molar-refractivity contribution in [2.24, 2.45) is 0 Å². The van der Waals surface area contributed by atoms with Gasteiger partial charge < -0.3 is 4.74 Å². The van der Waals surface area contributed by atoms with Crippen molar-refractivity contribution in [3.8, 4) is 0 Å². The van der Waals surface area contributed by atoms with E-state index in [4.69, 9.17) is 4.74 Å². The molecule has 0 radical (unpaired) electrons. The van der Waals surface area contributed by atoms with Gasteiger partial charge in [0.15, 0.2) is 0 Å². The number of halogens is 1. The van der Waals surface area contributed by atoms with Gasteiger partial charge >= 0.3 is 5.97 Å². The van der Waals surface area contributed by atoms with Gasteiger partial charge in [-0.15, -0.1) is 0 Å². The van der Waals surface area contributed by atoms with Gasteiger partial charge in [-0.1, -0.05) is 18.2 Å². The van der Waals surface area contributed by atoms with E-state index in [1.54, 1.807) is 33.8 Å². The fourth-order valence-corrected chi connectivity index (χ4v) is 3.67. The maximum atomic E-state index is 13.0. The number of sulfonamides is 1. The average molecular weight is 379 g/mol. The lowest BCUT2D eigenvalue weighted by atomic mass is 10.1. The molecule has 0 saturated carbocycles. The number of hydrogen-bond donors (Lipinski definition) is 1. The molecule has 0 aliphatic carbocycles. The molecule has 0 amide bonds. The third-order valence-corrected chi connectivity index (χ3v) is 5.41. The molecule has 0 aliphatic rings. The van der Waals surface area contributed by atoms with Crippen molar-refractivity contribution in [2.75, 3.05) is 0 Å². The van der Waals surface area contributed by atoms with E-state index in [2.05, 4.69) is 4.72 Å². The van der Waals surface area contributed by atoms with Gasteiger partial charge in [0, 0.05) is 6.04 Å². The first-order valence-corrected chi connectivity index (χ1v) is 9.68. The van der Waals surface area contributed by atoms with Crippen molar-refractivity contribution in [1.82, 2.24) is 4.72 Å². The van der Waals surface area contributed by atoms with Gasteiger partial charge in [-0.3, -0.25) is 0 Å². The van der Waals surface area contributed by atoms with Crippen LogP contribution in [0.5, 0.6) is 0 Å². The number of esters is 1. The quantitative estimate of drug-likeness (QED) is 0.776. The molecular weight excluding hydrogens is 357 g/mol. The van der Waals surface area contributed by atoms with Gasteiger partial charge in [0.1, 0.15) is 11.9 Å². The van der Waals surface area contributed by atoms with E-state index in [-0.39, 0.29) is 22.3 Å². The Morgan fingerprint density at radius 3 is 2.27 bits per heavy atom. The molecular formula is C19H22FNO4S. The summed E-state index contributed by atoms with van der Waals surface area (Å²) in [6.45, 7) is 6.80. The summed E-state index contributed by atoms with van der Waals surface area (Å²) in [5, 5.41) is 0. The highest BCUT2D eigenvalue weighted by molar-refractivity contribution is 7.89. The van der Waals surface area contributed by atoms with Crippen LogP contribution in [0.15, 0.2) is 47.4 Å². The second-order valence-electron chi connectivity index (χ2n) is 6.35. The van der Waals surface area contributed by atoms with Crippen LogP contribution in [0.25, 0.3) is 0 Å². The Morgan fingerprint density at radius 2 is 1.69 bits per heavy atom. The molecule has 0 heterocycles. The highest BCUT2D eigenvalue weighted by Crippen LogP contribution is 2.22. The Balaban J connectivity index is 2.25. The van der Waals surface area contributed by atoms with E-state index in [1.807, 2.05) is 0 Å². The first-order valence-electron chi connectivity index (χ1n) is 8.19. The summed E-state index contributed by atoms with van der Waals surface area (Å²) in [5.41, 5.74) is 1.41. The van der Waals surface area contributed by atoms with E-state index in [0.717, 1.165) is 0 Å². The molecule has 1 unspecified atom stereocenters. The maximum Gasteiger partial charge on any atom is 0.339 e. The number of aryl methyl sites for hydroxylation is 1. The lowest BCUT2D eigenvalue weighted by molar-refractivity contribution is 0.0336. The molecule has 0 spiro atoms. The fourth-order valence-electron chi connectivity index (χ4n) is 2.39. The molecule has 2 rings (SSSR count). The number of benzene rings is 2. The minimum atomic E-state index is -3.72. The number of rotatable bonds is 6. The van der Waals surface area contributed by atoms with E-state index in [9.17, 15) is 17.6 Å². The zero-order valence-corrected chi connectivity index (χ0v) is 15.9. The molecule has 0 fully saturated rings. The summed E-state index contributed by atoms with van der Waals surface area (Å²) in [6.07, 6.45) is -0.600. The number of ether oxygens (including phenoxy) is 1. The lowest BCUT2D eigenvalue weighted by Crippen LogP contribution is -2.30. The smallest absolute Gasteiger partial charge is 0.339 e. The highest BCUT2D eigenvalue weighted by Gasteiger charge is 2.21. The van der Waals surface area contributed by atoms with Crippen LogP contribution in [0.3, 0.4) is 0 Å². The Labute approximate surface area is 153 Å². The van der Waals surface area contributed by atoms with Gasteiger partial charge in [0.2, 0.25) is 10.0 Å². The van der Waals surface area contributed by atoms with Crippen molar-refractivity contribution in [2.45, 2.75) is 44.7 Å². The average Bonchev–Trinajstić information content (AvgIpc) is 2.54. The summed E-state index contributed by atoms with van der Waals surface area (Å²) in [5.74, 6) is -1.01. The third-order valence-electron chi connectivity index (χ3n) is 3.75. The molecule has 140 valence electrons. The van der Waals surface area contributed by atoms with Crippen molar-refractivity contribution < 1.29 is 22.3 Å². The van der Waals surface area contributed by atoms with Crippen LogP contribution >= 0.6 is 0 Å². The van der Waals surface area contributed by atoms with E-state index < -0.39 is 22.1 Å². The Bertz CT molecular complexity index is 892. The van der Waals surface area contributed by atoms with Crippen LogP contribution in [-0.2, 0) is 14.8 Å². The maximum absolute atomic E-state index is 13.0. The molecule has 0 bridgehead atoms. The molecule has 7 heteroatoms. The molecule has 26 heavy (non-hydrogen) atoms. The minimum absolute atomic E-state index is 0.00168. The van der Waals surface area contributed by atoms with Crippen LogP contribution in [0.2, 0.25) is 0 Å². The second-order valence-corrected chi connectivity index (χ2v) is 8.07. The van der Waals surface area contributed by atoms with Crippen LogP contribution in [0.4, 0.5) is 4.39 Å². The van der Waals surface area contributed by atoms with E-state index in [1.165, 1.54) is 36.4 Å². The van der Waals surface area contributed by atoms with Crippen molar-refractivity contribution in [3.63, 3.8) is 0 Å². The molecule has 1 atom stereocenters. The van der Waals surface area contributed by atoms with Crippen LogP contribution < -0.4 is 4.72 Å². The highest BCUT2D eigenvalue weighted by atomic mass is 32.2. The van der Waals surface area contributed by atoms with Gasteiger partial charge in [-0.05, 0) is 63.1 Å². The van der Waals surface area contributed by atoms with Crippen molar-refractivity contribution >= 4 is 16.0 Å². The van der Waals surface area contributed by atoms with Crippen LogP contribution in [-0.4, -0.2) is 20.4 Å². The van der Waals surface area contributed by atoms with E-state index >= 15 is 0 Å². The molecule has 1 N–H and O–H groups in total. The Kier molecular flexibility index (Phi) is 6.15. The number of carbonyl (C=O) groups excluding carboxylic acids is 1. The minimum Gasteiger partial charge on any atom is -0.454 e. The summed E-state index contributed by atoms with van der Waals surface area (Å²) in [4.78, 5) is 12.5. The van der Waals surface area contributed by atoms with Crippen molar-refractivity contribution in [3.05, 3.63) is 65.0 Å². The Hall–Kier alpha value is -2.25. The monoisotopic (exact) mass is 379 g/mol. The van der Waals surface area contributed by atoms with Gasteiger partial charge in [-0.25, -0.2) is 22.3 Å². The summed E-state index contributed by atoms with van der Waals surface area (Å²) in [6, 6.07) is 9.69. The number of carbonyl (C=O) groups is 1. The molecule has 0 aromatic heterocycles. The van der Waals surface area contributed by atoms with Gasteiger partial charge in [0.25, 0.3) is 0 Å². The van der Waals surface area contributed by atoms with Gasteiger partial charge in [0.05, 0.1) is 10.5 Å². The normalized spacial score (nSPS) is 12.8. The molecule has 5 nitrogen and oxygen atoms in total. The zero-order chi connectivity index (χ0) is 19.5. The predicted octanol–water partition coefficient (Wildman–Crippen LogP) is 3.74. The first-order chi connectivity index (χ1) is 12.1. The van der Waals surface area contributed by atoms with Gasteiger partial charge in [-0.2, -0.15) is 0 Å². The number of hydrogen-bond acceptors (Lipinski definition) is 4. The first kappa shape index (κ1) is 20.1. The molecule has 2 aromatic rings. The summed E-state index contributed by atoms with van der Waals surface area (Å²) in [7, 11) is -3.72. The third kappa shape index (κ3) is 4.89. The topological polar surface area (TPSA) is 72.5 Å². The van der Waals surface area contributed by atoms with Crippen LogP contribution in [0, 0.1) is 12.7 Å². The Morgan fingerprint density at radius 1 is 1.08 bits per heavy atom. The second kappa shape index (κ2) is 7.97. The molecule has 2 aromatic carbocycles. The summed E-state index contributed by atoms with van der Waals surface area (Å²) >= 11 is 0. The number of nitrogens with one attached hydrogen (secondary N) is 1. The summed E-state index contributed by atoms with van der Waals surface area (Å²) < 4.78 is 45.5. The standard InChI is InChI=1S/C19H22FNO4S/c1-12(2)21-26(23,24)17-10-5-13(3)18(11-17)19(22)25-14(4)15-6-8-16(20)9-7-15/h5-12,14,21H,1-4H3. The largest absolute Gasteiger partial charge is 0.454 e. The van der Waals surface area contributed by atoms with E-state index in [0.29, 0.717) is 11.1 Å². The zero-order valence-electron chi connectivity index (χ0n) is 15.1. The SMILES string of the molecule is Cc1ccc(S(=O)(=O)NC(C)C)cc1C(=O)OC(C)c1ccc(F)cc1. The van der Waals surface area contributed by atoms with Crippen molar-refractivity contribution in [1.29, 1.82) is 0 Å².